The average molecular weight is 820 g/mol. The van der Waals surface area contributed by atoms with E-state index in [1.54, 1.807) is 20.8 Å². The van der Waals surface area contributed by atoms with Crippen LogP contribution in [0.2, 0.25) is 5.04 Å². The van der Waals surface area contributed by atoms with Crippen LogP contribution in [0.5, 0.6) is 5.75 Å². The van der Waals surface area contributed by atoms with E-state index in [9.17, 15) is 32.4 Å². The number of ether oxygens (including phenoxy) is 2. The molecule has 0 aliphatic rings. The number of para-hydroxylation sites is 1. The van der Waals surface area contributed by atoms with Crippen LogP contribution in [0.25, 0.3) is 21.0 Å². The Morgan fingerprint density at radius 3 is 2.05 bits per heavy atom. The van der Waals surface area contributed by atoms with E-state index in [1.165, 1.54) is 49.1 Å². The molecular formula is C42H44F3N3O7SSi. The third-order valence-electron chi connectivity index (χ3n) is 10.3. The fraction of sp³-hybridized carbons (Fsp3) is 0.333. The molecule has 0 saturated carbocycles. The summed E-state index contributed by atoms with van der Waals surface area (Å²) in [5.74, 6) is -0.807. The van der Waals surface area contributed by atoms with E-state index >= 15 is 0 Å². The lowest BCUT2D eigenvalue weighted by Gasteiger charge is -2.42. The molecule has 0 bridgehead atoms. The molecule has 1 unspecified atom stereocenters. The van der Waals surface area contributed by atoms with E-state index in [1.807, 2.05) is 74.5 Å². The van der Waals surface area contributed by atoms with E-state index in [0.29, 0.717) is 20.8 Å². The van der Waals surface area contributed by atoms with Crippen molar-refractivity contribution in [1.29, 1.82) is 0 Å². The Kier molecular flexibility index (Phi) is 11.4. The summed E-state index contributed by atoms with van der Waals surface area (Å²) in [5, 5.41) is 0.417. The fourth-order valence-corrected chi connectivity index (χ4v) is 12.3. The molecular weight excluding hydrogens is 776 g/mol. The number of aromatic nitrogens is 3. The number of fused-ring (bicyclic) bond motifs is 1. The summed E-state index contributed by atoms with van der Waals surface area (Å²) in [7, 11) is -3.70. The first kappa shape index (κ1) is 41.5. The van der Waals surface area contributed by atoms with Gasteiger partial charge in [-0.15, -0.1) is 24.5 Å². The van der Waals surface area contributed by atoms with Crippen molar-refractivity contribution in [2.45, 2.75) is 90.6 Å². The molecule has 57 heavy (non-hydrogen) atoms. The van der Waals surface area contributed by atoms with Crippen LogP contribution in [0.15, 0.2) is 111 Å². The van der Waals surface area contributed by atoms with Gasteiger partial charge < -0.3 is 18.7 Å². The van der Waals surface area contributed by atoms with Gasteiger partial charge in [-0.25, -0.2) is 14.3 Å². The van der Waals surface area contributed by atoms with Gasteiger partial charge in [0.15, 0.2) is 5.78 Å². The Balaban J connectivity index is 1.53. The zero-order valence-corrected chi connectivity index (χ0v) is 34.4. The van der Waals surface area contributed by atoms with Crippen molar-refractivity contribution in [3.05, 3.63) is 129 Å². The molecule has 0 aliphatic carbocycles. The van der Waals surface area contributed by atoms with Crippen molar-refractivity contribution in [3.8, 4) is 16.5 Å². The molecule has 0 aliphatic heterocycles. The van der Waals surface area contributed by atoms with Crippen molar-refractivity contribution < 1.29 is 36.7 Å². The second-order valence-corrected chi connectivity index (χ2v) is 20.3. The smallest absolute Gasteiger partial charge is 0.444 e. The van der Waals surface area contributed by atoms with Crippen LogP contribution in [-0.2, 0) is 21.6 Å². The first-order chi connectivity index (χ1) is 26.8. The molecule has 3 aromatic heterocycles. The van der Waals surface area contributed by atoms with Gasteiger partial charge in [0.25, 0.3) is 13.9 Å². The van der Waals surface area contributed by atoms with E-state index in [-0.39, 0.29) is 34.6 Å². The number of oxazole rings is 1. The van der Waals surface area contributed by atoms with Gasteiger partial charge in [-0.3, -0.25) is 14.2 Å². The second kappa shape index (κ2) is 15.7. The van der Waals surface area contributed by atoms with Crippen molar-refractivity contribution in [3.63, 3.8) is 0 Å². The Morgan fingerprint density at radius 1 is 0.930 bits per heavy atom. The summed E-state index contributed by atoms with van der Waals surface area (Å²) in [6.45, 7) is 11.3. The maximum Gasteiger partial charge on any atom is 0.573 e. The van der Waals surface area contributed by atoms with Crippen LogP contribution in [0.1, 0.15) is 65.2 Å². The molecule has 1 N–H and O–H groups in total. The second-order valence-electron chi connectivity index (χ2n) is 15.4. The zero-order chi connectivity index (χ0) is 41.5. The highest BCUT2D eigenvalue weighted by Crippen LogP contribution is 2.42. The number of halogens is 3. The number of carbonyl (C=O) groups is 1. The molecule has 10 nitrogen and oxygen atoms in total. The topological polar surface area (TPSA) is 126 Å². The molecule has 0 fully saturated rings. The normalized spacial score (nSPS) is 13.3. The Labute approximate surface area is 332 Å². The van der Waals surface area contributed by atoms with Gasteiger partial charge in [0.2, 0.25) is 5.89 Å². The number of rotatable bonds is 14. The highest BCUT2D eigenvalue weighted by Gasteiger charge is 2.52. The molecule has 6 rings (SSSR count). The maximum atomic E-state index is 15.0. The number of ketones is 1. The third-order valence-corrected chi connectivity index (χ3v) is 16.1. The van der Waals surface area contributed by atoms with E-state index in [4.69, 9.17) is 9.15 Å². The number of alkyl halides is 3. The van der Waals surface area contributed by atoms with Gasteiger partial charge in [0.1, 0.15) is 28.5 Å². The van der Waals surface area contributed by atoms with Gasteiger partial charge in [-0.1, -0.05) is 92.7 Å². The van der Waals surface area contributed by atoms with Gasteiger partial charge in [-0.2, -0.15) is 0 Å². The minimum atomic E-state index is -5.01. The van der Waals surface area contributed by atoms with Gasteiger partial charge in [0, 0.05) is 12.0 Å². The Bertz CT molecular complexity index is 2450. The first-order valence-electron chi connectivity index (χ1n) is 18.3. The van der Waals surface area contributed by atoms with E-state index < -0.39 is 60.2 Å². The maximum absolute atomic E-state index is 15.0. The Hall–Kier alpha value is -5.09. The third kappa shape index (κ3) is 7.93. The molecule has 1 atom stereocenters. The molecule has 3 aromatic carbocycles. The molecule has 0 spiro atoms. The van der Waals surface area contributed by atoms with E-state index in [2.05, 4.69) is 9.72 Å². The predicted molar refractivity (Wildman–Crippen MR) is 216 cm³/mol. The van der Waals surface area contributed by atoms with Crippen LogP contribution in [-0.4, -0.2) is 45.5 Å². The highest BCUT2D eigenvalue weighted by molar-refractivity contribution is 7.22. The minimum Gasteiger partial charge on any atom is -0.444 e. The highest BCUT2D eigenvalue weighted by atomic mass is 32.1. The first-order valence-corrected chi connectivity index (χ1v) is 21.1. The van der Waals surface area contributed by atoms with Crippen molar-refractivity contribution in [1.82, 2.24) is 14.1 Å². The number of thiophene rings is 1. The van der Waals surface area contributed by atoms with Crippen molar-refractivity contribution >= 4 is 46.0 Å². The van der Waals surface area contributed by atoms with Gasteiger partial charge >= 0.3 is 12.1 Å². The lowest BCUT2D eigenvalue weighted by molar-refractivity contribution is -0.275. The summed E-state index contributed by atoms with van der Waals surface area (Å²) >= 11 is 1.06. The number of Topliss-reactive ketones (excluding diaryl/α,β-unsaturated/α-hetero) is 1. The number of carbonyl (C=O) groups excluding carboxylic acids is 1. The predicted octanol–water partition coefficient (Wildman–Crippen LogP) is 7.48. The van der Waals surface area contributed by atoms with Crippen LogP contribution < -0.4 is 26.4 Å². The standard InChI is InChI=1S/C42H44F3N3O7SSi/c1-26(2)54-32(30-20-14-15-21-31(30)55-42(43,44)45)25-47-38-34(27(3)35(56-38)36-46-22-23-53-36)37(50)48(39(47)51)41(6,7)33(49)24-40(4,5)57(52,28-16-10-8-11-17-28)29-18-12-9-13-19-29/h8-23,26,32,52H,24-25H2,1-7H3. The fourth-order valence-electron chi connectivity index (χ4n) is 7.39. The van der Waals surface area contributed by atoms with Crippen molar-refractivity contribution in [2.75, 3.05) is 0 Å². The minimum absolute atomic E-state index is 0.0192. The lowest BCUT2D eigenvalue weighted by atomic mass is 9.91. The summed E-state index contributed by atoms with van der Waals surface area (Å²) in [4.78, 5) is 62.2. The SMILES string of the molecule is Cc1c(-c2ncco2)sc2c1c(=O)n(C(C)(C)C(=O)CC(C)(C)[Si](O)(c1ccccc1)c1ccccc1)c(=O)n2CC(OC(C)C)c1ccccc1OC(F)(F)F. The molecule has 3 heterocycles. The largest absolute Gasteiger partial charge is 0.573 e. The number of hydrogen-bond donors (Lipinski definition) is 1. The number of benzene rings is 3. The quantitative estimate of drug-likeness (QED) is 0.112. The monoisotopic (exact) mass is 819 g/mol. The molecule has 0 amide bonds. The van der Waals surface area contributed by atoms with Crippen LogP contribution in [0, 0.1) is 6.92 Å². The number of nitrogens with zero attached hydrogens (tertiary/aromatic N) is 3. The Morgan fingerprint density at radius 2 is 1.51 bits per heavy atom. The average Bonchev–Trinajstić information content (AvgIpc) is 3.80. The molecule has 0 saturated heterocycles. The lowest BCUT2D eigenvalue weighted by Crippen LogP contribution is -2.66. The molecule has 300 valence electrons. The summed E-state index contributed by atoms with van der Waals surface area (Å²) in [6.07, 6.45) is -4.13. The van der Waals surface area contributed by atoms with Gasteiger partial charge in [0.05, 0.1) is 29.1 Å². The number of hydrogen-bond acceptors (Lipinski definition) is 9. The van der Waals surface area contributed by atoms with Crippen LogP contribution in [0.4, 0.5) is 13.2 Å². The van der Waals surface area contributed by atoms with Crippen LogP contribution >= 0.6 is 11.3 Å². The molecule has 15 heteroatoms. The zero-order valence-electron chi connectivity index (χ0n) is 32.6. The summed E-state index contributed by atoms with van der Waals surface area (Å²) in [6, 6.07) is 23.9. The van der Waals surface area contributed by atoms with Gasteiger partial charge in [-0.05, 0) is 61.7 Å². The summed E-state index contributed by atoms with van der Waals surface area (Å²) in [5.41, 5.74) is -2.95. The van der Waals surface area contributed by atoms with Crippen LogP contribution in [0.3, 0.4) is 0 Å². The van der Waals surface area contributed by atoms with Crippen molar-refractivity contribution in [2.24, 2.45) is 0 Å². The van der Waals surface area contributed by atoms with E-state index in [0.717, 1.165) is 22.0 Å². The molecule has 6 aromatic rings. The summed E-state index contributed by atoms with van der Waals surface area (Å²) < 4.78 is 59.1. The number of aryl methyl sites for hydroxylation is 1. The molecule has 0 radical (unpaired) electrons.